The quantitative estimate of drug-likeness (QED) is 0.670. The first-order valence-electron chi connectivity index (χ1n) is 9.95. The van der Waals surface area contributed by atoms with E-state index in [1.165, 1.54) is 11.1 Å². The number of nitrogens with two attached hydrogens (primary N) is 1. The van der Waals surface area contributed by atoms with Crippen LogP contribution in [0.2, 0.25) is 10.0 Å². The summed E-state index contributed by atoms with van der Waals surface area (Å²) in [7, 11) is 0. The number of unbranched alkanes of at least 4 members (excludes halogenated alkanes) is 1. The van der Waals surface area contributed by atoms with Crippen molar-refractivity contribution in [3.8, 4) is 0 Å². The lowest BCUT2D eigenvalue weighted by atomic mass is 9.64. The first-order chi connectivity index (χ1) is 12.9. The molecule has 4 heteroatoms. The summed E-state index contributed by atoms with van der Waals surface area (Å²) in [5.41, 5.74) is 1.72. The van der Waals surface area contributed by atoms with E-state index < -0.39 is 5.60 Å². The average Bonchev–Trinajstić information content (AvgIpc) is 2.67. The topological polar surface area (TPSA) is 36.8 Å². The molecular formula is C23H30Cl2NO+. The molecule has 27 heavy (non-hydrogen) atoms. The lowest BCUT2D eigenvalue weighted by molar-refractivity contribution is -0.764. The van der Waals surface area contributed by atoms with Crippen LogP contribution in [0.25, 0.3) is 0 Å². The van der Waals surface area contributed by atoms with Crippen LogP contribution in [0.1, 0.15) is 63.2 Å². The minimum absolute atomic E-state index is 0.142. The Morgan fingerprint density at radius 2 is 1.26 bits per heavy atom. The maximum absolute atomic E-state index is 11.8. The van der Waals surface area contributed by atoms with Crippen LogP contribution in [0, 0.1) is 11.8 Å². The van der Waals surface area contributed by atoms with E-state index in [1.54, 1.807) is 0 Å². The summed E-state index contributed by atoms with van der Waals surface area (Å²) in [5.74, 6) is 0.285. The summed E-state index contributed by atoms with van der Waals surface area (Å²) in [6.45, 7) is 6.57. The molecule has 0 aromatic heterocycles. The van der Waals surface area contributed by atoms with Gasteiger partial charge in [-0.3, -0.25) is 0 Å². The molecule has 1 saturated heterocycles. The van der Waals surface area contributed by atoms with Gasteiger partial charge in [0.15, 0.2) is 0 Å². The van der Waals surface area contributed by atoms with Gasteiger partial charge < -0.3 is 10.4 Å². The highest BCUT2D eigenvalue weighted by Gasteiger charge is 2.53. The average molecular weight is 407 g/mol. The molecule has 3 rings (SSSR count). The summed E-state index contributed by atoms with van der Waals surface area (Å²) in [4.78, 5) is 0. The molecule has 1 unspecified atom stereocenters. The summed E-state index contributed by atoms with van der Waals surface area (Å²) < 4.78 is 0. The number of hydrogen-bond acceptors (Lipinski definition) is 1. The maximum atomic E-state index is 11.8. The Labute approximate surface area is 172 Å². The Morgan fingerprint density at radius 3 is 1.63 bits per heavy atom. The second-order valence-corrected chi connectivity index (χ2v) is 8.89. The van der Waals surface area contributed by atoms with Gasteiger partial charge in [-0.2, -0.15) is 0 Å². The van der Waals surface area contributed by atoms with Crippen LogP contribution in [0.5, 0.6) is 0 Å². The molecule has 5 atom stereocenters. The van der Waals surface area contributed by atoms with Crippen molar-refractivity contribution in [3.63, 3.8) is 0 Å². The Morgan fingerprint density at radius 1 is 0.852 bits per heavy atom. The third kappa shape index (κ3) is 4.19. The van der Waals surface area contributed by atoms with Crippen molar-refractivity contribution in [3.05, 3.63) is 69.7 Å². The zero-order chi connectivity index (χ0) is 19.6. The molecule has 0 aliphatic carbocycles. The van der Waals surface area contributed by atoms with Crippen LogP contribution in [0.15, 0.2) is 48.5 Å². The largest absolute Gasteiger partial charge is 0.389 e. The molecule has 0 spiro atoms. The van der Waals surface area contributed by atoms with Crippen LogP contribution in [0.3, 0.4) is 0 Å². The third-order valence-corrected chi connectivity index (χ3v) is 7.01. The van der Waals surface area contributed by atoms with Crippen LogP contribution in [-0.2, 0) is 0 Å². The summed E-state index contributed by atoms with van der Waals surface area (Å²) in [6.07, 6.45) is 2.95. The Balaban J connectivity index is 2.01. The smallest absolute Gasteiger partial charge is 0.117 e. The van der Waals surface area contributed by atoms with Crippen molar-refractivity contribution in [1.29, 1.82) is 0 Å². The molecule has 0 amide bonds. The fourth-order valence-corrected chi connectivity index (χ4v) is 4.93. The van der Waals surface area contributed by atoms with Gasteiger partial charge in [-0.1, -0.05) is 81.1 Å². The van der Waals surface area contributed by atoms with E-state index in [1.807, 2.05) is 24.3 Å². The first kappa shape index (κ1) is 20.7. The summed E-state index contributed by atoms with van der Waals surface area (Å²) >= 11 is 12.2. The molecule has 3 N–H and O–H groups in total. The highest BCUT2D eigenvalue weighted by atomic mass is 35.5. The van der Waals surface area contributed by atoms with E-state index in [-0.39, 0.29) is 23.9 Å². The minimum Gasteiger partial charge on any atom is -0.389 e. The zero-order valence-electron chi connectivity index (χ0n) is 16.3. The first-order valence-corrected chi connectivity index (χ1v) is 10.7. The Hall–Kier alpha value is -1.06. The van der Waals surface area contributed by atoms with Gasteiger partial charge in [-0.25, -0.2) is 0 Å². The van der Waals surface area contributed by atoms with Gasteiger partial charge in [0, 0.05) is 33.0 Å². The van der Waals surface area contributed by atoms with Gasteiger partial charge in [0.2, 0.25) is 0 Å². The Bertz CT molecular complexity index is 686. The highest BCUT2D eigenvalue weighted by Crippen LogP contribution is 2.45. The van der Waals surface area contributed by atoms with E-state index in [0.717, 1.165) is 29.3 Å². The molecule has 146 valence electrons. The van der Waals surface area contributed by atoms with Gasteiger partial charge in [-0.15, -0.1) is 0 Å². The van der Waals surface area contributed by atoms with Crippen molar-refractivity contribution in [1.82, 2.24) is 0 Å². The standard InChI is InChI=1S/C23H29Cl2NO/c1-4-5-14-23(27)15(2)21(17-6-10-19(24)11-7-17)26-22(16(23)3)18-8-12-20(25)13-9-18/h6-13,15-16,21-22,26-27H,4-5,14H2,1-3H3/p+1/t15-,16-,21-,22+,23?/m0/s1. The fourth-order valence-electron chi connectivity index (χ4n) is 4.68. The SMILES string of the molecule is CCCCC1(O)[C@@H](C)[C@@H](c2ccc(Cl)cc2)[NH2+][C@@H](c2ccc(Cl)cc2)[C@@H]1C. The normalized spacial score (nSPS) is 31.0. The molecular weight excluding hydrogens is 377 g/mol. The van der Waals surface area contributed by atoms with Crippen molar-refractivity contribution in [2.75, 3.05) is 0 Å². The minimum atomic E-state index is -0.709. The highest BCUT2D eigenvalue weighted by molar-refractivity contribution is 6.30. The molecule has 0 saturated carbocycles. The molecule has 1 aliphatic rings. The van der Waals surface area contributed by atoms with Crippen LogP contribution in [-0.4, -0.2) is 10.7 Å². The molecule has 0 bridgehead atoms. The fraction of sp³-hybridized carbons (Fsp3) is 0.478. The third-order valence-electron chi connectivity index (χ3n) is 6.51. The molecule has 2 nitrogen and oxygen atoms in total. The monoisotopic (exact) mass is 406 g/mol. The van der Waals surface area contributed by atoms with Crippen LogP contribution in [0.4, 0.5) is 0 Å². The van der Waals surface area contributed by atoms with E-state index in [0.29, 0.717) is 0 Å². The number of piperidine rings is 1. The van der Waals surface area contributed by atoms with Gasteiger partial charge in [0.25, 0.3) is 0 Å². The number of aliphatic hydroxyl groups is 1. The molecule has 0 radical (unpaired) electrons. The number of rotatable bonds is 5. The van der Waals surface area contributed by atoms with Crippen molar-refractivity contribution >= 4 is 23.2 Å². The van der Waals surface area contributed by atoms with Crippen LogP contribution >= 0.6 is 23.2 Å². The summed E-state index contributed by atoms with van der Waals surface area (Å²) in [6, 6.07) is 16.5. The maximum Gasteiger partial charge on any atom is 0.117 e. The van der Waals surface area contributed by atoms with Gasteiger partial charge in [0.05, 0.1) is 5.60 Å². The Kier molecular flexibility index (Phi) is 6.53. The zero-order valence-corrected chi connectivity index (χ0v) is 17.8. The van der Waals surface area contributed by atoms with Crippen molar-refractivity contribution in [2.24, 2.45) is 11.8 Å². The van der Waals surface area contributed by atoms with E-state index in [2.05, 4.69) is 50.4 Å². The lowest BCUT2D eigenvalue weighted by Crippen LogP contribution is -2.93. The second kappa shape index (κ2) is 8.53. The number of quaternary nitrogens is 1. The number of halogens is 2. The van der Waals surface area contributed by atoms with E-state index >= 15 is 0 Å². The van der Waals surface area contributed by atoms with E-state index in [4.69, 9.17) is 23.2 Å². The van der Waals surface area contributed by atoms with Gasteiger partial charge >= 0.3 is 0 Å². The van der Waals surface area contributed by atoms with Gasteiger partial charge in [0.1, 0.15) is 12.1 Å². The van der Waals surface area contributed by atoms with Crippen molar-refractivity contribution < 1.29 is 10.4 Å². The molecule has 2 aromatic carbocycles. The number of hydrogen-bond donors (Lipinski definition) is 2. The number of benzene rings is 2. The molecule has 2 aromatic rings. The predicted octanol–water partition coefficient (Wildman–Crippen LogP) is 5.55. The second-order valence-electron chi connectivity index (χ2n) is 8.02. The van der Waals surface area contributed by atoms with E-state index in [9.17, 15) is 5.11 Å². The molecule has 1 fully saturated rings. The summed E-state index contributed by atoms with van der Waals surface area (Å²) in [5, 5.41) is 15.7. The molecule has 1 aliphatic heterocycles. The van der Waals surface area contributed by atoms with Gasteiger partial charge in [-0.05, 0) is 30.7 Å². The van der Waals surface area contributed by atoms with Crippen molar-refractivity contribution in [2.45, 2.75) is 57.7 Å². The molecule has 1 heterocycles. The van der Waals surface area contributed by atoms with Crippen LogP contribution < -0.4 is 5.32 Å². The predicted molar refractivity (Wildman–Crippen MR) is 113 cm³/mol. The lowest BCUT2D eigenvalue weighted by Gasteiger charge is -2.49.